The van der Waals surface area contributed by atoms with Gasteiger partial charge in [0, 0.05) is 18.2 Å². The first-order chi connectivity index (χ1) is 12.6. The van der Waals surface area contributed by atoms with Gasteiger partial charge in [-0.05, 0) is 26.2 Å². The first kappa shape index (κ1) is 23.2. The van der Waals surface area contributed by atoms with E-state index in [-0.39, 0.29) is 5.97 Å². The fourth-order valence-corrected chi connectivity index (χ4v) is 3.79. The van der Waals surface area contributed by atoms with Gasteiger partial charge < -0.3 is 4.84 Å². The van der Waals surface area contributed by atoms with E-state index in [9.17, 15) is 4.79 Å². The molecule has 1 aliphatic heterocycles. The van der Waals surface area contributed by atoms with E-state index in [2.05, 4.69) is 13.5 Å². The van der Waals surface area contributed by atoms with Crippen molar-refractivity contribution in [3.8, 4) is 0 Å². The molecular formula is C23H43NO2. The molecule has 0 aliphatic carbocycles. The predicted molar refractivity (Wildman–Crippen MR) is 111 cm³/mol. The van der Waals surface area contributed by atoms with Crippen LogP contribution in [0.25, 0.3) is 0 Å². The molecule has 3 nitrogen and oxygen atoms in total. The highest BCUT2D eigenvalue weighted by Gasteiger charge is 2.25. The lowest BCUT2D eigenvalue weighted by atomic mass is 9.98. The molecule has 1 heterocycles. The molecule has 0 aromatic rings. The Morgan fingerprint density at radius 2 is 1.46 bits per heavy atom. The van der Waals surface area contributed by atoms with Gasteiger partial charge in [-0.25, -0.2) is 4.79 Å². The third-order valence-corrected chi connectivity index (χ3v) is 5.51. The molecule has 26 heavy (non-hydrogen) atoms. The van der Waals surface area contributed by atoms with Crippen LogP contribution in [0, 0.1) is 0 Å². The summed E-state index contributed by atoms with van der Waals surface area (Å²) in [6.07, 6.45) is 21.3. The van der Waals surface area contributed by atoms with E-state index in [1.165, 1.54) is 83.5 Å². The fourth-order valence-electron chi connectivity index (χ4n) is 3.79. The van der Waals surface area contributed by atoms with Crippen molar-refractivity contribution in [2.24, 2.45) is 0 Å². The van der Waals surface area contributed by atoms with Crippen LogP contribution in [0.15, 0.2) is 12.2 Å². The molecule has 0 spiro atoms. The van der Waals surface area contributed by atoms with Crippen LogP contribution in [-0.2, 0) is 9.63 Å². The summed E-state index contributed by atoms with van der Waals surface area (Å²) < 4.78 is 0. The topological polar surface area (TPSA) is 29.5 Å². The molecule has 1 saturated heterocycles. The molecule has 1 rings (SSSR count). The number of carbonyl (C=O) groups is 1. The Labute approximate surface area is 162 Å². The highest BCUT2D eigenvalue weighted by molar-refractivity contribution is 5.86. The molecule has 1 fully saturated rings. The minimum absolute atomic E-state index is 0.272. The number of piperidine rings is 1. The van der Waals surface area contributed by atoms with E-state index in [1.54, 1.807) is 6.92 Å². The van der Waals surface area contributed by atoms with E-state index in [1.807, 2.05) is 5.06 Å². The molecule has 1 unspecified atom stereocenters. The van der Waals surface area contributed by atoms with Crippen LogP contribution >= 0.6 is 0 Å². The lowest BCUT2D eigenvalue weighted by Gasteiger charge is -2.33. The van der Waals surface area contributed by atoms with Crippen LogP contribution in [0.2, 0.25) is 0 Å². The van der Waals surface area contributed by atoms with Gasteiger partial charge in [0.25, 0.3) is 0 Å². The number of hydrogen-bond donors (Lipinski definition) is 0. The molecule has 0 amide bonds. The summed E-state index contributed by atoms with van der Waals surface area (Å²) in [6.45, 7) is 8.55. The third-order valence-electron chi connectivity index (χ3n) is 5.51. The third kappa shape index (κ3) is 11.0. The zero-order valence-corrected chi connectivity index (χ0v) is 17.6. The maximum atomic E-state index is 11.8. The molecule has 0 N–H and O–H groups in total. The van der Waals surface area contributed by atoms with Crippen LogP contribution in [0.1, 0.15) is 117 Å². The van der Waals surface area contributed by atoms with Crippen molar-refractivity contribution in [1.82, 2.24) is 5.06 Å². The summed E-state index contributed by atoms with van der Waals surface area (Å²) in [5, 5.41) is 1.93. The Morgan fingerprint density at radius 1 is 0.923 bits per heavy atom. The van der Waals surface area contributed by atoms with Gasteiger partial charge in [-0.1, -0.05) is 97.0 Å². The molecule has 1 atom stereocenters. The SMILES string of the molecule is C=C(C)C(=O)ON1CCCCC1CCCCCCCCCCCCCC. The highest BCUT2D eigenvalue weighted by Crippen LogP contribution is 2.23. The van der Waals surface area contributed by atoms with Gasteiger partial charge >= 0.3 is 5.97 Å². The number of hydroxylamine groups is 2. The quantitative estimate of drug-likeness (QED) is 0.232. The Kier molecular flexibility index (Phi) is 13.6. The van der Waals surface area contributed by atoms with Crippen molar-refractivity contribution in [2.45, 2.75) is 123 Å². The van der Waals surface area contributed by atoms with Crippen LogP contribution in [0.3, 0.4) is 0 Å². The number of nitrogens with zero attached hydrogens (tertiary/aromatic N) is 1. The zero-order valence-electron chi connectivity index (χ0n) is 17.6. The highest BCUT2D eigenvalue weighted by atomic mass is 16.7. The molecule has 0 bridgehead atoms. The monoisotopic (exact) mass is 365 g/mol. The van der Waals surface area contributed by atoms with Crippen molar-refractivity contribution < 1.29 is 9.63 Å². The van der Waals surface area contributed by atoms with Gasteiger partial charge in [0.15, 0.2) is 0 Å². The predicted octanol–water partition coefficient (Wildman–Crippen LogP) is 6.97. The maximum absolute atomic E-state index is 11.8. The maximum Gasteiger partial charge on any atom is 0.352 e. The molecular weight excluding hydrogens is 322 g/mol. The number of hydrogen-bond acceptors (Lipinski definition) is 3. The summed E-state index contributed by atoms with van der Waals surface area (Å²) >= 11 is 0. The molecule has 0 aromatic carbocycles. The van der Waals surface area contributed by atoms with Gasteiger partial charge in [0.1, 0.15) is 0 Å². The first-order valence-corrected chi connectivity index (χ1v) is 11.3. The second-order valence-electron chi connectivity index (χ2n) is 8.13. The van der Waals surface area contributed by atoms with Gasteiger partial charge in [-0.3, -0.25) is 0 Å². The smallest absolute Gasteiger partial charge is 0.352 e. The Balaban J connectivity index is 2.00. The van der Waals surface area contributed by atoms with Crippen molar-refractivity contribution in [3.63, 3.8) is 0 Å². The van der Waals surface area contributed by atoms with Crippen LogP contribution in [0.4, 0.5) is 0 Å². The lowest BCUT2D eigenvalue weighted by molar-refractivity contribution is -0.204. The van der Waals surface area contributed by atoms with E-state index >= 15 is 0 Å². The Bertz CT molecular complexity index is 380. The van der Waals surface area contributed by atoms with Crippen molar-refractivity contribution >= 4 is 5.97 Å². The van der Waals surface area contributed by atoms with Crippen LogP contribution < -0.4 is 0 Å². The fraction of sp³-hybridized carbons (Fsp3) is 0.870. The summed E-state index contributed by atoms with van der Waals surface area (Å²) in [6, 6.07) is 0.412. The Morgan fingerprint density at radius 3 is 2.00 bits per heavy atom. The minimum atomic E-state index is -0.272. The second kappa shape index (κ2) is 15.2. The summed E-state index contributed by atoms with van der Waals surface area (Å²) in [4.78, 5) is 17.3. The van der Waals surface area contributed by atoms with E-state index in [0.717, 1.165) is 25.8 Å². The van der Waals surface area contributed by atoms with Crippen LogP contribution in [0.5, 0.6) is 0 Å². The number of carbonyl (C=O) groups excluding carboxylic acids is 1. The zero-order chi connectivity index (χ0) is 19.0. The summed E-state index contributed by atoms with van der Waals surface area (Å²) in [7, 11) is 0. The average Bonchev–Trinajstić information content (AvgIpc) is 2.63. The molecule has 0 radical (unpaired) electrons. The van der Waals surface area contributed by atoms with E-state index in [0.29, 0.717) is 11.6 Å². The minimum Gasteiger partial charge on any atom is -0.364 e. The molecule has 0 saturated carbocycles. The molecule has 0 aromatic heterocycles. The summed E-state index contributed by atoms with van der Waals surface area (Å²) in [5.74, 6) is -0.272. The lowest BCUT2D eigenvalue weighted by Crippen LogP contribution is -2.41. The van der Waals surface area contributed by atoms with Crippen molar-refractivity contribution in [2.75, 3.05) is 6.54 Å². The normalized spacial score (nSPS) is 18.0. The number of rotatable bonds is 15. The number of unbranched alkanes of at least 4 members (excludes halogenated alkanes) is 11. The van der Waals surface area contributed by atoms with Crippen molar-refractivity contribution in [1.29, 1.82) is 0 Å². The second-order valence-corrected chi connectivity index (χ2v) is 8.13. The van der Waals surface area contributed by atoms with Gasteiger partial charge in [0.05, 0.1) is 0 Å². The molecule has 3 heteroatoms. The van der Waals surface area contributed by atoms with Crippen LogP contribution in [-0.4, -0.2) is 23.6 Å². The van der Waals surface area contributed by atoms with E-state index in [4.69, 9.17) is 4.84 Å². The molecule has 152 valence electrons. The molecule has 1 aliphatic rings. The van der Waals surface area contributed by atoms with E-state index < -0.39 is 0 Å². The van der Waals surface area contributed by atoms with Crippen molar-refractivity contribution in [3.05, 3.63) is 12.2 Å². The summed E-state index contributed by atoms with van der Waals surface area (Å²) in [5.41, 5.74) is 0.486. The first-order valence-electron chi connectivity index (χ1n) is 11.3. The van der Waals surface area contributed by atoms with Gasteiger partial charge in [-0.15, -0.1) is 5.06 Å². The average molecular weight is 366 g/mol. The van der Waals surface area contributed by atoms with Gasteiger partial charge in [-0.2, -0.15) is 0 Å². The largest absolute Gasteiger partial charge is 0.364 e. The van der Waals surface area contributed by atoms with Gasteiger partial charge in [0.2, 0.25) is 0 Å². The Hall–Kier alpha value is -0.830. The standard InChI is InChI=1S/C23H43NO2/c1-4-5-6-7-8-9-10-11-12-13-14-15-18-22-19-16-17-20-24(22)26-23(25)21(2)3/h22H,2,4-20H2,1,3H3.